The van der Waals surface area contributed by atoms with Gasteiger partial charge in [-0.05, 0) is 63.8 Å². The van der Waals surface area contributed by atoms with Gasteiger partial charge in [0.25, 0.3) is 5.56 Å². The number of hydrogen-bond acceptors (Lipinski definition) is 5. The van der Waals surface area contributed by atoms with Crippen molar-refractivity contribution < 1.29 is 17.9 Å². The van der Waals surface area contributed by atoms with E-state index in [9.17, 15) is 18.0 Å². The number of hydrogen-bond donors (Lipinski definition) is 0. The molecule has 0 spiro atoms. The molecule has 0 aliphatic carbocycles. The predicted octanol–water partition coefficient (Wildman–Crippen LogP) is 3.94. The molecule has 0 bridgehead atoms. The van der Waals surface area contributed by atoms with Gasteiger partial charge in [0, 0.05) is 13.1 Å². The molecule has 3 aromatic rings. The molecule has 2 heterocycles. The van der Waals surface area contributed by atoms with Crippen molar-refractivity contribution >= 4 is 10.9 Å². The second kappa shape index (κ2) is 9.52. The van der Waals surface area contributed by atoms with Gasteiger partial charge in [0.1, 0.15) is 11.6 Å². The molecule has 176 valence electrons. The van der Waals surface area contributed by atoms with Crippen LogP contribution in [0.5, 0.6) is 5.75 Å². The number of benzene rings is 2. The maximum absolute atomic E-state index is 13.6. The minimum absolute atomic E-state index is 0.0434. The highest BCUT2D eigenvalue weighted by Gasteiger charge is 2.31. The van der Waals surface area contributed by atoms with E-state index in [4.69, 9.17) is 4.74 Å². The standard InChI is InChI=1S/C24H27F3N4O2/c1-3-33-21-8-5-4-7-20(21)31-22(16-30-12-6-11-29(2)13-14-30)28-19-15-17(24(25,26)27)9-10-18(19)23(31)32/h4-5,7-10,15H,3,6,11-14,16H2,1-2H3. The maximum Gasteiger partial charge on any atom is 0.416 e. The highest BCUT2D eigenvalue weighted by molar-refractivity contribution is 5.79. The number of fused-ring (bicyclic) bond motifs is 1. The van der Waals surface area contributed by atoms with E-state index < -0.39 is 17.3 Å². The normalized spacial score (nSPS) is 16.2. The summed E-state index contributed by atoms with van der Waals surface area (Å²) in [4.78, 5) is 22.6. The minimum Gasteiger partial charge on any atom is -0.492 e. The third-order valence-corrected chi connectivity index (χ3v) is 5.85. The Kier molecular flexibility index (Phi) is 6.71. The molecule has 1 saturated heterocycles. The zero-order valence-corrected chi connectivity index (χ0v) is 18.7. The molecule has 0 radical (unpaired) electrons. The fraction of sp³-hybridized carbons (Fsp3) is 0.417. The van der Waals surface area contributed by atoms with Gasteiger partial charge in [-0.1, -0.05) is 12.1 Å². The van der Waals surface area contributed by atoms with Crippen LogP contribution in [0.4, 0.5) is 13.2 Å². The first-order chi connectivity index (χ1) is 15.8. The monoisotopic (exact) mass is 460 g/mol. The minimum atomic E-state index is -4.51. The topological polar surface area (TPSA) is 50.6 Å². The molecule has 2 aromatic carbocycles. The molecular formula is C24H27F3N4O2. The Hall–Kier alpha value is -2.91. The molecule has 1 fully saturated rings. The Balaban J connectivity index is 1.89. The van der Waals surface area contributed by atoms with Crippen LogP contribution in [0.25, 0.3) is 16.6 Å². The Bertz CT molecular complexity index is 1190. The summed E-state index contributed by atoms with van der Waals surface area (Å²) in [5, 5.41) is 0.133. The molecule has 33 heavy (non-hydrogen) atoms. The van der Waals surface area contributed by atoms with Crippen molar-refractivity contribution in [3.8, 4) is 11.4 Å². The second-order valence-electron chi connectivity index (χ2n) is 8.23. The largest absolute Gasteiger partial charge is 0.492 e. The molecule has 0 atom stereocenters. The van der Waals surface area contributed by atoms with Crippen molar-refractivity contribution in [2.75, 3.05) is 39.8 Å². The van der Waals surface area contributed by atoms with Crippen LogP contribution in [0, 0.1) is 0 Å². The average molecular weight is 461 g/mol. The van der Waals surface area contributed by atoms with Crippen LogP contribution in [0.2, 0.25) is 0 Å². The van der Waals surface area contributed by atoms with E-state index in [0.29, 0.717) is 30.4 Å². The van der Waals surface area contributed by atoms with E-state index in [1.54, 1.807) is 18.2 Å². The number of ether oxygens (including phenoxy) is 1. The van der Waals surface area contributed by atoms with Gasteiger partial charge in [0.2, 0.25) is 0 Å². The number of alkyl halides is 3. The van der Waals surface area contributed by atoms with Gasteiger partial charge in [0.05, 0.1) is 35.3 Å². The molecule has 0 saturated carbocycles. The Morgan fingerprint density at radius 2 is 1.85 bits per heavy atom. The van der Waals surface area contributed by atoms with Crippen molar-refractivity contribution in [1.29, 1.82) is 0 Å². The first kappa shape index (κ1) is 23.3. The quantitative estimate of drug-likeness (QED) is 0.577. The van der Waals surface area contributed by atoms with Crippen LogP contribution in [0.1, 0.15) is 24.7 Å². The van der Waals surface area contributed by atoms with Gasteiger partial charge in [-0.25, -0.2) is 4.98 Å². The lowest BCUT2D eigenvalue weighted by Gasteiger charge is -2.23. The number of aromatic nitrogens is 2. The summed E-state index contributed by atoms with van der Waals surface area (Å²) in [5.41, 5.74) is -0.665. The number of halogens is 3. The summed E-state index contributed by atoms with van der Waals surface area (Å²) < 4.78 is 47.2. The Morgan fingerprint density at radius 3 is 2.61 bits per heavy atom. The first-order valence-electron chi connectivity index (χ1n) is 11.0. The third-order valence-electron chi connectivity index (χ3n) is 5.85. The molecule has 0 N–H and O–H groups in total. The number of para-hydroxylation sites is 2. The summed E-state index contributed by atoms with van der Waals surface area (Å²) in [6.45, 7) is 6.03. The Labute approximate surface area is 190 Å². The molecule has 9 heteroatoms. The van der Waals surface area contributed by atoms with Gasteiger partial charge >= 0.3 is 6.18 Å². The lowest BCUT2D eigenvalue weighted by Crippen LogP contribution is -2.33. The molecule has 1 aromatic heterocycles. The highest BCUT2D eigenvalue weighted by Crippen LogP contribution is 2.31. The molecule has 6 nitrogen and oxygen atoms in total. The van der Waals surface area contributed by atoms with Crippen LogP contribution in [0.3, 0.4) is 0 Å². The predicted molar refractivity (Wildman–Crippen MR) is 121 cm³/mol. The van der Waals surface area contributed by atoms with Crippen molar-refractivity contribution in [3.63, 3.8) is 0 Å². The lowest BCUT2D eigenvalue weighted by atomic mass is 10.1. The zero-order valence-electron chi connectivity index (χ0n) is 18.7. The van der Waals surface area contributed by atoms with E-state index >= 15 is 0 Å². The van der Waals surface area contributed by atoms with E-state index in [2.05, 4.69) is 21.8 Å². The SMILES string of the molecule is CCOc1ccccc1-n1c(CN2CCCN(C)CC2)nc2cc(C(F)(F)F)ccc2c1=O. The van der Waals surface area contributed by atoms with Gasteiger partial charge < -0.3 is 9.64 Å². The van der Waals surface area contributed by atoms with E-state index in [1.807, 2.05) is 13.0 Å². The summed E-state index contributed by atoms with van der Waals surface area (Å²) >= 11 is 0. The van der Waals surface area contributed by atoms with Gasteiger partial charge in [-0.3, -0.25) is 14.3 Å². The van der Waals surface area contributed by atoms with Crippen LogP contribution in [-0.4, -0.2) is 59.2 Å². The molecular weight excluding hydrogens is 433 g/mol. The van der Waals surface area contributed by atoms with E-state index in [-0.39, 0.29) is 10.9 Å². The fourth-order valence-corrected chi connectivity index (χ4v) is 4.14. The summed E-state index contributed by atoms with van der Waals surface area (Å²) in [6, 6.07) is 10.2. The summed E-state index contributed by atoms with van der Waals surface area (Å²) in [6.07, 6.45) is -3.55. The van der Waals surface area contributed by atoms with Gasteiger partial charge in [-0.15, -0.1) is 0 Å². The van der Waals surface area contributed by atoms with Crippen molar-refractivity contribution in [3.05, 3.63) is 64.2 Å². The lowest BCUT2D eigenvalue weighted by molar-refractivity contribution is -0.137. The zero-order chi connectivity index (χ0) is 23.6. The van der Waals surface area contributed by atoms with Crippen molar-refractivity contribution in [2.45, 2.75) is 26.1 Å². The molecule has 0 unspecified atom stereocenters. The number of likely N-dealkylation sites (N-methyl/N-ethyl adjacent to an activating group) is 1. The number of nitrogens with zero attached hydrogens (tertiary/aromatic N) is 4. The number of rotatable bonds is 5. The average Bonchev–Trinajstić information content (AvgIpc) is 2.98. The van der Waals surface area contributed by atoms with Crippen LogP contribution >= 0.6 is 0 Å². The molecule has 0 amide bonds. The van der Waals surface area contributed by atoms with Crippen LogP contribution < -0.4 is 10.3 Å². The molecule has 1 aliphatic rings. The van der Waals surface area contributed by atoms with Gasteiger partial charge in [-0.2, -0.15) is 13.2 Å². The fourth-order valence-electron chi connectivity index (χ4n) is 4.14. The highest BCUT2D eigenvalue weighted by atomic mass is 19.4. The van der Waals surface area contributed by atoms with E-state index in [1.165, 1.54) is 10.6 Å². The second-order valence-corrected chi connectivity index (χ2v) is 8.23. The van der Waals surface area contributed by atoms with Crippen molar-refractivity contribution in [1.82, 2.24) is 19.4 Å². The molecule has 4 rings (SSSR count). The maximum atomic E-state index is 13.6. The van der Waals surface area contributed by atoms with Crippen LogP contribution in [0.15, 0.2) is 47.3 Å². The smallest absolute Gasteiger partial charge is 0.416 e. The van der Waals surface area contributed by atoms with Crippen molar-refractivity contribution in [2.24, 2.45) is 0 Å². The summed E-state index contributed by atoms with van der Waals surface area (Å²) in [5.74, 6) is 0.913. The molecule has 1 aliphatic heterocycles. The summed E-state index contributed by atoms with van der Waals surface area (Å²) in [7, 11) is 2.06. The van der Waals surface area contributed by atoms with Gasteiger partial charge in [0.15, 0.2) is 0 Å². The van der Waals surface area contributed by atoms with Crippen LogP contribution in [-0.2, 0) is 12.7 Å². The third kappa shape index (κ3) is 5.04. The van der Waals surface area contributed by atoms with E-state index in [0.717, 1.165) is 44.7 Å². The Morgan fingerprint density at radius 1 is 1.06 bits per heavy atom. The first-order valence-corrected chi connectivity index (χ1v) is 11.0.